The van der Waals surface area contributed by atoms with Crippen LogP contribution < -0.4 is 0 Å². The first-order chi connectivity index (χ1) is 10.1. The highest BCUT2D eigenvalue weighted by Crippen LogP contribution is 2.16. The van der Waals surface area contributed by atoms with Crippen LogP contribution >= 0.6 is 0 Å². The Balaban J connectivity index is 2.21. The zero-order valence-corrected chi connectivity index (χ0v) is 11.6. The van der Waals surface area contributed by atoms with Gasteiger partial charge in [0.1, 0.15) is 0 Å². The number of aliphatic hydroxyl groups is 1. The molecule has 0 fully saturated rings. The normalized spacial score (nSPS) is 12.3. The molecule has 0 spiro atoms. The van der Waals surface area contributed by atoms with Gasteiger partial charge >= 0.3 is 5.97 Å². The predicted molar refractivity (Wildman–Crippen MR) is 74.0 cm³/mol. The smallest absolute Gasteiger partial charge is 0.358 e. The summed E-state index contributed by atoms with van der Waals surface area (Å²) in [4.78, 5) is 11.1. The largest absolute Gasteiger partial charge is 0.476 e. The van der Waals surface area contributed by atoms with Crippen molar-refractivity contribution in [2.45, 2.75) is 19.1 Å². The van der Waals surface area contributed by atoms with Crippen molar-refractivity contribution in [3.05, 3.63) is 47.3 Å². The maximum absolute atomic E-state index is 11.1. The fraction of sp³-hybridized carbons (Fsp3) is 0.357. The molecule has 0 aliphatic heterocycles. The van der Waals surface area contributed by atoms with Crippen molar-refractivity contribution in [1.29, 1.82) is 0 Å². The van der Waals surface area contributed by atoms with Gasteiger partial charge in [-0.1, -0.05) is 35.5 Å². The summed E-state index contributed by atoms with van der Waals surface area (Å²) in [6.07, 6.45) is -0.414. The first kappa shape index (κ1) is 15.1. The second kappa shape index (κ2) is 6.96. The summed E-state index contributed by atoms with van der Waals surface area (Å²) in [5, 5.41) is 26.8. The maximum Gasteiger partial charge on any atom is 0.358 e. The third-order valence-electron chi connectivity index (χ3n) is 3.11. The number of rotatable bonds is 7. The number of carbonyl (C=O) groups is 1. The number of ether oxygens (including phenoxy) is 1. The molecule has 112 valence electrons. The van der Waals surface area contributed by atoms with Crippen LogP contribution in [0.5, 0.6) is 0 Å². The lowest BCUT2D eigenvalue weighted by Crippen LogP contribution is -2.15. The number of benzene rings is 1. The first-order valence-electron chi connectivity index (χ1n) is 6.51. The molecule has 0 amide bonds. The second-order valence-electron chi connectivity index (χ2n) is 4.54. The van der Waals surface area contributed by atoms with Gasteiger partial charge < -0.3 is 14.9 Å². The van der Waals surface area contributed by atoms with Crippen LogP contribution in [0.25, 0.3) is 0 Å². The molecule has 21 heavy (non-hydrogen) atoms. The van der Waals surface area contributed by atoms with Gasteiger partial charge in [0.05, 0.1) is 24.9 Å². The number of methoxy groups -OCH3 is 1. The predicted octanol–water partition coefficient (Wildman–Crippen LogP) is 0.899. The Morgan fingerprint density at radius 3 is 2.71 bits per heavy atom. The third kappa shape index (κ3) is 3.65. The number of nitrogens with zero attached hydrogens (tertiary/aromatic N) is 3. The van der Waals surface area contributed by atoms with Crippen LogP contribution in [0.15, 0.2) is 30.3 Å². The van der Waals surface area contributed by atoms with E-state index in [1.54, 1.807) is 12.1 Å². The first-order valence-corrected chi connectivity index (χ1v) is 6.51. The van der Waals surface area contributed by atoms with Gasteiger partial charge in [0, 0.05) is 13.5 Å². The fourth-order valence-corrected chi connectivity index (χ4v) is 2.04. The molecule has 1 aromatic heterocycles. The van der Waals surface area contributed by atoms with E-state index in [0.717, 1.165) is 5.56 Å². The van der Waals surface area contributed by atoms with Gasteiger partial charge in [-0.05, 0) is 5.56 Å². The molecule has 0 bridgehead atoms. The summed E-state index contributed by atoms with van der Waals surface area (Å²) in [5.74, 6) is -1.14. The van der Waals surface area contributed by atoms with Crippen molar-refractivity contribution >= 4 is 5.97 Å². The van der Waals surface area contributed by atoms with Gasteiger partial charge in [-0.15, -0.1) is 5.10 Å². The van der Waals surface area contributed by atoms with Crippen LogP contribution in [0.3, 0.4) is 0 Å². The van der Waals surface area contributed by atoms with Gasteiger partial charge in [-0.25, -0.2) is 9.48 Å². The second-order valence-corrected chi connectivity index (χ2v) is 4.54. The van der Waals surface area contributed by atoms with E-state index in [1.807, 2.05) is 18.2 Å². The average Bonchev–Trinajstić information content (AvgIpc) is 2.89. The monoisotopic (exact) mass is 291 g/mol. The highest BCUT2D eigenvalue weighted by molar-refractivity contribution is 5.86. The Hall–Kier alpha value is -2.25. The number of hydrogen-bond acceptors (Lipinski definition) is 5. The van der Waals surface area contributed by atoms with Crippen LogP contribution in [0.1, 0.15) is 27.8 Å². The minimum Gasteiger partial charge on any atom is -0.476 e. The maximum atomic E-state index is 11.1. The minimum atomic E-state index is -1.14. The van der Waals surface area contributed by atoms with Crippen LogP contribution in [0.4, 0.5) is 0 Å². The van der Waals surface area contributed by atoms with Crippen molar-refractivity contribution in [3.63, 3.8) is 0 Å². The highest BCUT2D eigenvalue weighted by Gasteiger charge is 2.20. The van der Waals surface area contributed by atoms with Gasteiger partial charge in [-0.2, -0.15) is 0 Å². The van der Waals surface area contributed by atoms with Gasteiger partial charge in [0.25, 0.3) is 0 Å². The van der Waals surface area contributed by atoms with Crippen molar-refractivity contribution in [2.24, 2.45) is 0 Å². The van der Waals surface area contributed by atoms with E-state index in [4.69, 9.17) is 9.84 Å². The Bertz CT molecular complexity index is 598. The molecule has 2 rings (SSSR count). The Morgan fingerprint density at radius 1 is 1.38 bits per heavy atom. The Kier molecular flexibility index (Phi) is 5.02. The molecule has 0 saturated heterocycles. The topological polar surface area (TPSA) is 97.5 Å². The lowest BCUT2D eigenvalue weighted by atomic mass is 10.1. The number of carboxylic acid groups (broad SMARTS) is 1. The molecule has 0 aliphatic carbocycles. The molecular weight excluding hydrogens is 274 g/mol. The summed E-state index contributed by atoms with van der Waals surface area (Å²) in [6, 6.07) is 9.12. The molecule has 1 heterocycles. The van der Waals surface area contributed by atoms with Crippen LogP contribution in [-0.4, -0.2) is 44.9 Å². The molecule has 0 radical (unpaired) electrons. The molecule has 0 saturated carbocycles. The molecule has 7 heteroatoms. The standard InChI is InChI=1S/C14H17N3O4/c1-21-8-7-11-13(14(19)20)15-16-17(11)9-12(18)10-5-3-2-4-6-10/h2-6,12,18H,7-9H2,1H3,(H,19,20). The van der Waals surface area contributed by atoms with Crippen molar-refractivity contribution in [2.75, 3.05) is 13.7 Å². The van der Waals surface area contributed by atoms with Crippen molar-refractivity contribution < 1.29 is 19.7 Å². The van der Waals surface area contributed by atoms with E-state index in [1.165, 1.54) is 11.8 Å². The lowest BCUT2D eigenvalue weighted by Gasteiger charge is -2.13. The molecule has 1 unspecified atom stereocenters. The van der Waals surface area contributed by atoms with E-state index in [0.29, 0.717) is 18.7 Å². The van der Waals surface area contributed by atoms with E-state index in [9.17, 15) is 9.90 Å². The highest BCUT2D eigenvalue weighted by atomic mass is 16.5. The van der Waals surface area contributed by atoms with Crippen LogP contribution in [0, 0.1) is 0 Å². The van der Waals surface area contributed by atoms with Gasteiger partial charge in [0.15, 0.2) is 5.69 Å². The van der Waals surface area contributed by atoms with Crippen molar-refractivity contribution in [1.82, 2.24) is 15.0 Å². The molecule has 0 aliphatic rings. The zero-order valence-electron chi connectivity index (χ0n) is 11.6. The quantitative estimate of drug-likeness (QED) is 0.786. The fourth-order valence-electron chi connectivity index (χ4n) is 2.04. The number of carboxylic acids is 1. The molecule has 1 atom stereocenters. The van der Waals surface area contributed by atoms with Gasteiger partial charge in [-0.3, -0.25) is 0 Å². The summed E-state index contributed by atoms with van der Waals surface area (Å²) < 4.78 is 6.39. The summed E-state index contributed by atoms with van der Waals surface area (Å²) >= 11 is 0. The van der Waals surface area contributed by atoms with Crippen LogP contribution in [0.2, 0.25) is 0 Å². The van der Waals surface area contributed by atoms with Crippen LogP contribution in [-0.2, 0) is 17.7 Å². The van der Waals surface area contributed by atoms with E-state index in [2.05, 4.69) is 10.3 Å². The third-order valence-corrected chi connectivity index (χ3v) is 3.11. The molecule has 7 nitrogen and oxygen atoms in total. The summed E-state index contributed by atoms with van der Waals surface area (Å²) in [7, 11) is 1.54. The number of aromatic carboxylic acids is 1. The van der Waals surface area contributed by atoms with E-state index >= 15 is 0 Å². The van der Waals surface area contributed by atoms with Crippen molar-refractivity contribution in [3.8, 4) is 0 Å². The van der Waals surface area contributed by atoms with E-state index < -0.39 is 12.1 Å². The summed E-state index contributed by atoms with van der Waals surface area (Å²) in [5.41, 5.74) is 1.08. The average molecular weight is 291 g/mol. The Morgan fingerprint density at radius 2 is 2.10 bits per heavy atom. The Labute approximate surface area is 121 Å². The molecular formula is C14H17N3O4. The SMILES string of the molecule is COCCc1c(C(=O)O)nnn1CC(O)c1ccccc1. The number of aromatic nitrogens is 3. The van der Waals surface area contributed by atoms with Gasteiger partial charge in [0.2, 0.25) is 0 Å². The summed E-state index contributed by atoms with van der Waals surface area (Å²) in [6.45, 7) is 0.498. The molecule has 1 aromatic carbocycles. The number of hydrogen-bond donors (Lipinski definition) is 2. The lowest BCUT2D eigenvalue weighted by molar-refractivity contribution is 0.0688. The minimum absolute atomic E-state index is 0.104. The van der Waals surface area contributed by atoms with E-state index in [-0.39, 0.29) is 12.2 Å². The number of aliphatic hydroxyl groups excluding tert-OH is 1. The molecule has 2 aromatic rings. The molecule has 2 N–H and O–H groups in total. The zero-order chi connectivity index (χ0) is 15.2.